The van der Waals surface area contributed by atoms with Crippen molar-refractivity contribution < 1.29 is 9.90 Å². The summed E-state index contributed by atoms with van der Waals surface area (Å²) in [6, 6.07) is 7.86. The number of aryl methyl sites for hydroxylation is 1. The van der Waals surface area contributed by atoms with E-state index in [4.69, 9.17) is 0 Å². The molecular formula is C12H17NO2. The zero-order chi connectivity index (χ0) is 11.3. The minimum Gasteiger partial charge on any atom is -0.383 e. The Hall–Kier alpha value is -1.35. The molecule has 1 amide bonds. The van der Waals surface area contributed by atoms with E-state index in [1.807, 2.05) is 31.2 Å². The zero-order valence-electron chi connectivity index (χ0n) is 9.16. The van der Waals surface area contributed by atoms with Crippen molar-refractivity contribution >= 4 is 5.91 Å². The van der Waals surface area contributed by atoms with Crippen molar-refractivity contribution in [3.8, 4) is 0 Å². The molecule has 2 N–H and O–H groups in total. The third-order valence-corrected chi connectivity index (χ3v) is 2.40. The third kappa shape index (κ3) is 3.36. The Labute approximate surface area is 90.1 Å². The lowest BCUT2D eigenvalue weighted by molar-refractivity contribution is -0.129. The standard InChI is InChI=1S/C12H17NO2/c1-3-11(14)12(15)13-8-10-7-5-4-6-9(10)2/h4-7,11,14H,3,8H2,1-2H3,(H,13,15). The first-order valence-corrected chi connectivity index (χ1v) is 5.15. The van der Waals surface area contributed by atoms with Gasteiger partial charge in [0, 0.05) is 6.54 Å². The number of carbonyl (C=O) groups is 1. The SMILES string of the molecule is CCC(O)C(=O)NCc1ccccc1C. The van der Waals surface area contributed by atoms with E-state index >= 15 is 0 Å². The Bertz CT molecular complexity index is 336. The van der Waals surface area contributed by atoms with Gasteiger partial charge in [-0.1, -0.05) is 31.2 Å². The maximum absolute atomic E-state index is 11.3. The first kappa shape index (κ1) is 11.7. The third-order valence-electron chi connectivity index (χ3n) is 2.40. The largest absolute Gasteiger partial charge is 0.383 e. The number of amides is 1. The van der Waals surface area contributed by atoms with Crippen molar-refractivity contribution in [1.29, 1.82) is 0 Å². The molecule has 15 heavy (non-hydrogen) atoms. The highest BCUT2D eigenvalue weighted by molar-refractivity contribution is 5.80. The molecule has 82 valence electrons. The summed E-state index contributed by atoms with van der Waals surface area (Å²) < 4.78 is 0. The molecule has 1 aromatic carbocycles. The van der Waals surface area contributed by atoms with Crippen LogP contribution in [0.4, 0.5) is 0 Å². The van der Waals surface area contributed by atoms with Gasteiger partial charge in [0.1, 0.15) is 6.10 Å². The van der Waals surface area contributed by atoms with Crippen LogP contribution < -0.4 is 5.32 Å². The number of hydrogen-bond acceptors (Lipinski definition) is 2. The maximum atomic E-state index is 11.3. The van der Waals surface area contributed by atoms with E-state index < -0.39 is 6.10 Å². The zero-order valence-corrected chi connectivity index (χ0v) is 9.16. The first-order chi connectivity index (χ1) is 7.15. The average Bonchev–Trinajstić information content (AvgIpc) is 2.26. The molecule has 0 spiro atoms. The van der Waals surface area contributed by atoms with Gasteiger partial charge in [0.2, 0.25) is 5.91 Å². The Morgan fingerprint density at radius 1 is 1.47 bits per heavy atom. The Morgan fingerprint density at radius 3 is 2.73 bits per heavy atom. The van der Waals surface area contributed by atoms with Crippen LogP contribution in [0.5, 0.6) is 0 Å². The number of benzene rings is 1. The van der Waals surface area contributed by atoms with E-state index in [2.05, 4.69) is 5.32 Å². The summed E-state index contributed by atoms with van der Waals surface area (Å²) in [6.45, 7) is 4.25. The molecule has 1 aromatic rings. The van der Waals surface area contributed by atoms with Gasteiger partial charge in [0.15, 0.2) is 0 Å². The molecule has 0 aromatic heterocycles. The van der Waals surface area contributed by atoms with Gasteiger partial charge in [0.05, 0.1) is 0 Å². The number of nitrogens with one attached hydrogen (secondary N) is 1. The van der Waals surface area contributed by atoms with Gasteiger partial charge >= 0.3 is 0 Å². The van der Waals surface area contributed by atoms with Crippen LogP contribution in [0.15, 0.2) is 24.3 Å². The van der Waals surface area contributed by atoms with E-state index in [0.717, 1.165) is 11.1 Å². The molecule has 0 saturated heterocycles. The summed E-state index contributed by atoms with van der Waals surface area (Å²) in [4.78, 5) is 11.3. The number of aliphatic hydroxyl groups excluding tert-OH is 1. The number of aliphatic hydroxyl groups is 1. The van der Waals surface area contributed by atoms with Crippen LogP contribution in [0.2, 0.25) is 0 Å². The molecule has 0 heterocycles. The van der Waals surface area contributed by atoms with Gasteiger partial charge < -0.3 is 10.4 Å². The molecule has 1 atom stereocenters. The van der Waals surface area contributed by atoms with Crippen LogP contribution in [-0.4, -0.2) is 17.1 Å². The predicted molar refractivity (Wildman–Crippen MR) is 59.3 cm³/mol. The minimum absolute atomic E-state index is 0.305. The van der Waals surface area contributed by atoms with Crippen molar-refractivity contribution in [1.82, 2.24) is 5.32 Å². The molecule has 1 rings (SSSR count). The highest BCUT2D eigenvalue weighted by Gasteiger charge is 2.11. The van der Waals surface area contributed by atoms with Gasteiger partial charge in [-0.3, -0.25) is 4.79 Å². The highest BCUT2D eigenvalue weighted by atomic mass is 16.3. The van der Waals surface area contributed by atoms with Crippen molar-refractivity contribution in [2.24, 2.45) is 0 Å². The summed E-state index contributed by atoms with van der Waals surface area (Å²) in [5, 5.41) is 12.0. The molecular weight excluding hydrogens is 190 g/mol. The van der Waals surface area contributed by atoms with Gasteiger partial charge in [-0.05, 0) is 24.5 Å². The smallest absolute Gasteiger partial charge is 0.249 e. The molecule has 0 radical (unpaired) electrons. The topological polar surface area (TPSA) is 49.3 Å². The van der Waals surface area contributed by atoms with Gasteiger partial charge in [-0.15, -0.1) is 0 Å². The predicted octanol–water partition coefficient (Wildman–Crippen LogP) is 1.38. The molecule has 0 aliphatic carbocycles. The van der Waals surface area contributed by atoms with Crippen LogP contribution in [0.1, 0.15) is 24.5 Å². The Kier molecular flexibility index (Phi) is 4.31. The molecule has 0 fully saturated rings. The second-order valence-electron chi connectivity index (χ2n) is 3.57. The highest BCUT2D eigenvalue weighted by Crippen LogP contribution is 2.06. The fraction of sp³-hybridized carbons (Fsp3) is 0.417. The van der Waals surface area contributed by atoms with E-state index in [1.165, 1.54) is 0 Å². The van der Waals surface area contributed by atoms with Crippen LogP contribution in [0, 0.1) is 6.92 Å². The van der Waals surface area contributed by atoms with Gasteiger partial charge in [-0.25, -0.2) is 0 Å². The van der Waals surface area contributed by atoms with Crippen LogP contribution >= 0.6 is 0 Å². The lowest BCUT2D eigenvalue weighted by Gasteiger charge is -2.10. The van der Waals surface area contributed by atoms with Crippen molar-refractivity contribution in [3.63, 3.8) is 0 Å². The summed E-state index contributed by atoms with van der Waals surface area (Å²) in [7, 11) is 0. The second-order valence-corrected chi connectivity index (χ2v) is 3.57. The molecule has 0 bridgehead atoms. The molecule has 3 nitrogen and oxygen atoms in total. The first-order valence-electron chi connectivity index (χ1n) is 5.15. The maximum Gasteiger partial charge on any atom is 0.249 e. The van der Waals surface area contributed by atoms with Crippen molar-refractivity contribution in [2.45, 2.75) is 32.9 Å². The second kappa shape index (κ2) is 5.51. The van der Waals surface area contributed by atoms with E-state index in [-0.39, 0.29) is 5.91 Å². The summed E-state index contributed by atoms with van der Waals surface area (Å²) in [6.07, 6.45) is -0.450. The molecule has 0 aliphatic rings. The average molecular weight is 207 g/mol. The van der Waals surface area contributed by atoms with Gasteiger partial charge in [-0.2, -0.15) is 0 Å². The number of hydrogen-bond donors (Lipinski definition) is 2. The summed E-state index contributed by atoms with van der Waals surface area (Å²) in [5.74, 6) is -0.305. The van der Waals surface area contributed by atoms with Gasteiger partial charge in [0.25, 0.3) is 0 Å². The fourth-order valence-electron chi connectivity index (χ4n) is 1.29. The summed E-state index contributed by atoms with van der Waals surface area (Å²) >= 11 is 0. The molecule has 1 unspecified atom stereocenters. The quantitative estimate of drug-likeness (QED) is 0.783. The normalized spacial score (nSPS) is 12.2. The molecule has 3 heteroatoms. The Balaban J connectivity index is 2.51. The van der Waals surface area contributed by atoms with E-state index in [0.29, 0.717) is 13.0 Å². The lowest BCUT2D eigenvalue weighted by Crippen LogP contribution is -2.33. The van der Waals surface area contributed by atoms with Crippen LogP contribution in [-0.2, 0) is 11.3 Å². The Morgan fingerprint density at radius 2 is 2.13 bits per heavy atom. The van der Waals surface area contributed by atoms with E-state index in [9.17, 15) is 9.90 Å². The lowest BCUT2D eigenvalue weighted by atomic mass is 10.1. The van der Waals surface area contributed by atoms with Crippen LogP contribution in [0.25, 0.3) is 0 Å². The van der Waals surface area contributed by atoms with Crippen LogP contribution in [0.3, 0.4) is 0 Å². The summed E-state index contributed by atoms with van der Waals surface area (Å²) in [5.41, 5.74) is 2.22. The molecule has 0 saturated carbocycles. The monoisotopic (exact) mass is 207 g/mol. The molecule has 0 aliphatic heterocycles. The number of carbonyl (C=O) groups excluding carboxylic acids is 1. The van der Waals surface area contributed by atoms with Crippen molar-refractivity contribution in [2.75, 3.05) is 0 Å². The van der Waals surface area contributed by atoms with E-state index in [1.54, 1.807) is 6.92 Å². The fourth-order valence-corrected chi connectivity index (χ4v) is 1.29. The number of rotatable bonds is 4. The van der Waals surface area contributed by atoms with Crippen molar-refractivity contribution in [3.05, 3.63) is 35.4 Å². The minimum atomic E-state index is -0.894.